The smallest absolute Gasteiger partial charge is 0.251 e. The number of hydrogen-bond acceptors (Lipinski definition) is 5. The fraction of sp³-hybridized carbons (Fsp3) is 0.286. The van der Waals surface area contributed by atoms with Crippen molar-refractivity contribution in [3.05, 3.63) is 125 Å². The molecule has 9 heteroatoms. The number of para-hydroxylation sites is 1. The molecule has 3 aromatic carbocycles. The van der Waals surface area contributed by atoms with Crippen LogP contribution in [0.5, 0.6) is 0 Å². The Morgan fingerprint density at radius 2 is 1.57 bits per heavy atom. The zero-order valence-corrected chi connectivity index (χ0v) is 25.5. The van der Waals surface area contributed by atoms with Crippen molar-refractivity contribution in [2.24, 2.45) is 11.8 Å². The predicted molar refractivity (Wildman–Crippen MR) is 172 cm³/mol. The quantitative estimate of drug-likeness (QED) is 0.396. The lowest BCUT2D eigenvalue weighted by atomic mass is 9.78. The van der Waals surface area contributed by atoms with Crippen LogP contribution >= 0.6 is 23.4 Å². The fourth-order valence-electron chi connectivity index (χ4n) is 7.33. The van der Waals surface area contributed by atoms with E-state index in [0.29, 0.717) is 23.8 Å². The lowest BCUT2D eigenvalue weighted by molar-refractivity contribution is -0.145. The largest absolute Gasteiger partial charge is 0.394 e. The van der Waals surface area contributed by atoms with Crippen LogP contribution in [-0.4, -0.2) is 68.4 Å². The SMILES string of the molecule is O=C1[C@@H]2[C@H]3C(=O)N([C@H](CO)c4ccccc4)C4C(=O)N(c5ccccc5Cl)CC=C[C@@]43S[C@@H]2C=CCN1Cc1ccccc1. The number of aliphatic hydroxyl groups is 1. The number of carbonyl (C=O) groups excluding carboxylic acids is 3. The summed E-state index contributed by atoms with van der Waals surface area (Å²) >= 11 is 8.12. The van der Waals surface area contributed by atoms with Crippen LogP contribution in [-0.2, 0) is 20.9 Å². The predicted octanol–water partition coefficient (Wildman–Crippen LogP) is 4.87. The maximum Gasteiger partial charge on any atom is 0.251 e. The van der Waals surface area contributed by atoms with Crippen LogP contribution in [0.4, 0.5) is 5.69 Å². The van der Waals surface area contributed by atoms with Gasteiger partial charge in [-0.05, 0) is 23.3 Å². The summed E-state index contributed by atoms with van der Waals surface area (Å²) in [6.07, 6.45) is 7.95. The molecule has 0 bridgehead atoms. The zero-order chi connectivity index (χ0) is 30.4. The van der Waals surface area contributed by atoms with Crippen LogP contribution in [0.25, 0.3) is 0 Å². The molecule has 224 valence electrons. The molecule has 6 atom stereocenters. The molecule has 0 aromatic heterocycles. The number of nitrogens with zero attached hydrogens (tertiary/aromatic N) is 3. The number of benzene rings is 3. The fourth-order valence-corrected chi connectivity index (χ4v) is 9.56. The van der Waals surface area contributed by atoms with Gasteiger partial charge in [0, 0.05) is 24.9 Å². The first-order valence-electron chi connectivity index (χ1n) is 14.8. The molecule has 4 heterocycles. The van der Waals surface area contributed by atoms with Crippen molar-refractivity contribution in [1.82, 2.24) is 9.80 Å². The number of thioether (sulfide) groups is 1. The Morgan fingerprint density at radius 3 is 2.30 bits per heavy atom. The number of fused-ring (bicyclic) bond motifs is 2. The van der Waals surface area contributed by atoms with Gasteiger partial charge < -0.3 is 19.8 Å². The normalized spacial score (nSPS) is 28.4. The van der Waals surface area contributed by atoms with Crippen LogP contribution in [0.2, 0.25) is 5.02 Å². The lowest BCUT2D eigenvalue weighted by Gasteiger charge is -2.38. The second-order valence-electron chi connectivity index (χ2n) is 11.6. The highest BCUT2D eigenvalue weighted by atomic mass is 35.5. The molecule has 1 unspecified atom stereocenters. The van der Waals surface area contributed by atoms with Crippen molar-refractivity contribution in [3.63, 3.8) is 0 Å². The van der Waals surface area contributed by atoms with Gasteiger partial charge in [-0.3, -0.25) is 14.4 Å². The monoisotopic (exact) mass is 625 g/mol. The van der Waals surface area contributed by atoms with Gasteiger partial charge in [0.05, 0.1) is 39.9 Å². The number of carbonyl (C=O) groups is 3. The molecule has 3 aromatic rings. The maximum atomic E-state index is 14.8. The Morgan fingerprint density at radius 1 is 0.864 bits per heavy atom. The van der Waals surface area contributed by atoms with Crippen molar-refractivity contribution in [1.29, 1.82) is 0 Å². The number of hydrogen-bond donors (Lipinski definition) is 1. The average Bonchev–Trinajstić information content (AvgIpc) is 3.36. The van der Waals surface area contributed by atoms with Gasteiger partial charge in [0.2, 0.25) is 11.8 Å². The summed E-state index contributed by atoms with van der Waals surface area (Å²) in [4.78, 5) is 49.1. The molecule has 4 aliphatic heterocycles. The minimum atomic E-state index is -1.02. The molecule has 2 saturated heterocycles. The number of likely N-dealkylation sites (tertiary alicyclic amines) is 1. The molecule has 0 aliphatic carbocycles. The van der Waals surface area contributed by atoms with E-state index < -0.39 is 28.7 Å². The molecule has 3 amide bonds. The van der Waals surface area contributed by atoms with E-state index >= 15 is 0 Å². The average molecular weight is 626 g/mol. The summed E-state index contributed by atoms with van der Waals surface area (Å²) in [5, 5.41) is 10.9. The van der Waals surface area contributed by atoms with Gasteiger partial charge in [-0.2, -0.15) is 0 Å². The van der Waals surface area contributed by atoms with Crippen molar-refractivity contribution >= 4 is 46.8 Å². The second kappa shape index (κ2) is 11.6. The molecule has 1 spiro atoms. The summed E-state index contributed by atoms with van der Waals surface area (Å²) in [5.74, 6) is -2.13. The topological polar surface area (TPSA) is 81.2 Å². The first kappa shape index (κ1) is 28.9. The molecule has 7 nitrogen and oxygen atoms in total. The number of aliphatic hydroxyl groups excluding tert-OH is 1. The number of amides is 3. The van der Waals surface area contributed by atoms with Crippen LogP contribution in [0.15, 0.2) is 109 Å². The van der Waals surface area contributed by atoms with E-state index in [1.54, 1.807) is 26.8 Å². The number of rotatable bonds is 6. The van der Waals surface area contributed by atoms with Crippen molar-refractivity contribution in [3.8, 4) is 0 Å². The van der Waals surface area contributed by atoms with E-state index in [1.165, 1.54) is 11.8 Å². The third-order valence-electron chi connectivity index (χ3n) is 9.23. The highest BCUT2D eigenvalue weighted by molar-refractivity contribution is 8.02. The minimum Gasteiger partial charge on any atom is -0.394 e. The highest BCUT2D eigenvalue weighted by Crippen LogP contribution is 2.62. The van der Waals surface area contributed by atoms with E-state index in [4.69, 9.17) is 11.6 Å². The summed E-state index contributed by atoms with van der Waals surface area (Å²) < 4.78 is -1.02. The zero-order valence-electron chi connectivity index (χ0n) is 23.9. The van der Waals surface area contributed by atoms with E-state index in [9.17, 15) is 19.5 Å². The standard InChI is InChI=1S/C35H32ClN3O4S/c36-25-15-7-8-16-26(25)38-20-10-18-35-30(33(42)39(31(35)34(38)43)27(22-40)24-13-5-2-6-14-24)29-28(44-35)17-9-19-37(32(29)41)21-23-11-3-1-4-12-23/h1-18,27-31,40H,19-22H2/t27-,28-,29+,30+,31?,35+/m1/s1. The molecule has 1 N–H and O–H groups in total. The molecule has 4 aliphatic rings. The Balaban J connectivity index is 1.35. The minimum absolute atomic E-state index is 0.0968. The maximum absolute atomic E-state index is 14.8. The summed E-state index contributed by atoms with van der Waals surface area (Å²) in [6, 6.07) is 24.6. The van der Waals surface area contributed by atoms with Gasteiger partial charge in [0.15, 0.2) is 0 Å². The molecule has 2 fully saturated rings. The van der Waals surface area contributed by atoms with Gasteiger partial charge in [0.25, 0.3) is 5.91 Å². The molecule has 0 radical (unpaired) electrons. The molecule has 7 rings (SSSR count). The first-order chi connectivity index (χ1) is 21.4. The van der Waals surface area contributed by atoms with E-state index in [-0.39, 0.29) is 36.1 Å². The Hall–Kier alpha value is -3.85. The number of halogens is 1. The third kappa shape index (κ3) is 4.59. The second-order valence-corrected chi connectivity index (χ2v) is 13.5. The van der Waals surface area contributed by atoms with Gasteiger partial charge >= 0.3 is 0 Å². The Bertz CT molecular complexity index is 1650. The molecule has 0 saturated carbocycles. The van der Waals surface area contributed by atoms with Crippen molar-refractivity contribution < 1.29 is 19.5 Å². The summed E-state index contributed by atoms with van der Waals surface area (Å²) in [6.45, 7) is 0.771. The van der Waals surface area contributed by atoms with Gasteiger partial charge in [0.1, 0.15) is 6.04 Å². The first-order valence-corrected chi connectivity index (χ1v) is 16.1. The van der Waals surface area contributed by atoms with Crippen LogP contribution < -0.4 is 4.90 Å². The summed E-state index contributed by atoms with van der Waals surface area (Å²) in [7, 11) is 0. The van der Waals surface area contributed by atoms with E-state index in [2.05, 4.69) is 0 Å². The lowest BCUT2D eigenvalue weighted by Crippen LogP contribution is -2.54. The molecular formula is C35H32ClN3O4S. The molecule has 44 heavy (non-hydrogen) atoms. The van der Waals surface area contributed by atoms with Crippen LogP contribution in [0, 0.1) is 11.8 Å². The summed E-state index contributed by atoms with van der Waals surface area (Å²) in [5.41, 5.74) is 2.29. The van der Waals surface area contributed by atoms with E-state index in [1.807, 2.05) is 97.1 Å². The van der Waals surface area contributed by atoms with Crippen LogP contribution in [0.1, 0.15) is 17.2 Å². The van der Waals surface area contributed by atoms with Crippen molar-refractivity contribution in [2.75, 3.05) is 24.6 Å². The molecular weight excluding hydrogens is 594 g/mol. The third-order valence-corrected chi connectivity index (χ3v) is 11.3. The van der Waals surface area contributed by atoms with E-state index in [0.717, 1.165) is 11.1 Å². The highest BCUT2D eigenvalue weighted by Gasteiger charge is 2.72. The van der Waals surface area contributed by atoms with Gasteiger partial charge in [-0.15, -0.1) is 11.8 Å². The van der Waals surface area contributed by atoms with Gasteiger partial charge in [-0.1, -0.05) is 109 Å². The Labute approximate surface area is 265 Å². The number of anilines is 1. The van der Waals surface area contributed by atoms with Gasteiger partial charge in [-0.25, -0.2) is 0 Å². The Kier molecular flexibility index (Phi) is 7.60. The van der Waals surface area contributed by atoms with Crippen molar-refractivity contribution in [2.45, 2.75) is 28.6 Å². The van der Waals surface area contributed by atoms with Crippen LogP contribution in [0.3, 0.4) is 0 Å².